The molecule has 0 saturated carbocycles. The average molecular weight is 1730 g/mol. The summed E-state index contributed by atoms with van der Waals surface area (Å²) in [6, 6.07) is 72.7. The Bertz CT molecular complexity index is 7410. The summed E-state index contributed by atoms with van der Waals surface area (Å²) in [7, 11) is 2.00. The van der Waals surface area contributed by atoms with Crippen LogP contribution >= 0.6 is 0 Å². The van der Waals surface area contributed by atoms with E-state index in [9.17, 15) is 0 Å². The summed E-state index contributed by atoms with van der Waals surface area (Å²) in [6.45, 7) is 34.7. The Labute approximate surface area is 791 Å². The molecule has 0 bridgehead atoms. The van der Waals surface area contributed by atoms with E-state index in [0.29, 0.717) is 23.3 Å². The number of nitrogens with zero attached hydrogens (tertiary/aromatic N) is 14. The molecule has 0 amide bonds. The third kappa shape index (κ3) is 16.9. The van der Waals surface area contributed by atoms with E-state index < -0.39 is 40.6 Å². The lowest BCUT2D eigenvalue weighted by Gasteiger charge is -2.31. The number of pyridine rings is 1. The maximum Gasteiger partial charge on any atom is 0.229 e. The highest BCUT2D eigenvalue weighted by molar-refractivity contribution is 5.96. The molecular formula is C115H137N14+. The van der Waals surface area contributed by atoms with Crippen molar-refractivity contribution in [2.24, 2.45) is 7.05 Å². The first kappa shape index (κ1) is 71.9. The highest BCUT2D eigenvalue weighted by Crippen LogP contribution is 2.47. The van der Waals surface area contributed by atoms with Gasteiger partial charge in [-0.15, -0.1) is 0 Å². The number of para-hydroxylation sites is 7. The second-order valence-corrected chi connectivity index (χ2v) is 36.1. The van der Waals surface area contributed by atoms with Gasteiger partial charge in [-0.3, -0.25) is 18.3 Å². The molecule has 0 fully saturated rings. The zero-order valence-corrected chi connectivity index (χ0v) is 79.3. The first-order valence-electron chi connectivity index (χ1n) is 53.1. The maximum absolute atomic E-state index is 8.69. The van der Waals surface area contributed by atoms with Gasteiger partial charge >= 0.3 is 0 Å². The normalized spacial score (nSPS) is 18.3. The Balaban J connectivity index is 0.000000136. The number of benzene rings is 9. The van der Waals surface area contributed by atoms with Crippen molar-refractivity contribution in [3.8, 4) is 39.8 Å². The van der Waals surface area contributed by atoms with Crippen LogP contribution in [0.15, 0.2) is 274 Å². The molecule has 15 aromatic rings. The van der Waals surface area contributed by atoms with Crippen LogP contribution in [0.25, 0.3) is 83.4 Å². The molecule has 0 radical (unpaired) electrons. The molecular weight excluding hydrogens is 1580 g/mol. The number of hydrogen-bond donors (Lipinski definition) is 0. The highest BCUT2D eigenvalue weighted by atomic mass is 15.4. The standard InChI is InChI=1S/C26H33N3.3C23H27N3.C20H23N2/c1-17(2)21-12-10-13-22(18(3)4)25(21)29-24-14-9-8-11-23(24)19(5)26(29)28-16-15-27(7)20(28)6;1-15-13-16(2)22(17(3)14-15)26-21-10-8-7-9-20(21)18(4)23(26)25-12-11-24(6)19(25)5;2*1-16(2)19-10-6-8-12-21(19)26-22-13-9-7-11-20(22)17(3)23(26)25-15-14-24(5)18(25)4;1-14-12-16(3)19(17(4)13-14)22-11-9-15(2)20(22)18-8-6-7-10-21(18)5/h8-18,20H,1-7H3;7-14,19H,1-6H3;2*6-16,18H,1-5H3;6-13H,1-5H3/q;;;;+1/t20-;19-;2*18-;/m0000./s1/i7D3;6D3;5D3,16D;5D3;3D3. The van der Waals surface area contributed by atoms with Crippen LogP contribution in [0.4, 0.5) is 23.3 Å². The maximum atomic E-state index is 8.69. The topological polar surface area (TPSA) is 54.5 Å². The number of aryl methyl sites for hydroxylation is 12. The van der Waals surface area contributed by atoms with Crippen molar-refractivity contribution in [2.75, 3.05) is 47.5 Å². The molecule has 666 valence electrons. The molecule has 4 aliphatic rings. The Morgan fingerprint density at radius 1 is 0.318 bits per heavy atom. The lowest BCUT2D eigenvalue weighted by atomic mass is 9.92. The van der Waals surface area contributed by atoms with E-state index in [-0.39, 0.29) is 24.7 Å². The summed E-state index contributed by atoms with van der Waals surface area (Å²) in [5, 5.41) is 4.64. The molecule has 6 aromatic heterocycles. The van der Waals surface area contributed by atoms with E-state index in [1.807, 2.05) is 170 Å². The third-order valence-electron chi connectivity index (χ3n) is 26.1. The van der Waals surface area contributed by atoms with Crippen LogP contribution in [0.1, 0.15) is 212 Å². The summed E-state index contributed by atoms with van der Waals surface area (Å²) >= 11 is 0. The Hall–Kier alpha value is -13.1. The summed E-state index contributed by atoms with van der Waals surface area (Å²) in [5.74, 6) is 4.24. The van der Waals surface area contributed by atoms with Crippen LogP contribution in [0.2, 0.25) is 0 Å². The van der Waals surface area contributed by atoms with E-state index in [1.165, 1.54) is 74.8 Å². The van der Waals surface area contributed by atoms with Crippen molar-refractivity contribution in [1.29, 1.82) is 0 Å². The molecule has 10 heterocycles. The fourth-order valence-corrected chi connectivity index (χ4v) is 19.5. The van der Waals surface area contributed by atoms with Crippen LogP contribution in [0.3, 0.4) is 0 Å². The second-order valence-electron chi connectivity index (χ2n) is 36.1. The van der Waals surface area contributed by atoms with E-state index in [4.69, 9.17) is 21.9 Å². The lowest BCUT2D eigenvalue weighted by molar-refractivity contribution is -0.660. The van der Waals surface area contributed by atoms with E-state index in [0.717, 1.165) is 129 Å². The largest absolute Gasteiger partial charge is 0.359 e. The van der Waals surface area contributed by atoms with Crippen molar-refractivity contribution in [2.45, 2.75) is 207 Å². The number of aromatic nitrogens is 6. The summed E-state index contributed by atoms with van der Waals surface area (Å²) in [6.07, 6.45) is 16.8. The first-order chi connectivity index (χ1) is 68.1. The Morgan fingerprint density at radius 3 is 1.02 bits per heavy atom. The molecule has 14 nitrogen and oxygen atoms in total. The molecule has 14 heteroatoms. The molecule has 4 aliphatic heterocycles. The zero-order valence-electron chi connectivity index (χ0n) is 95.3. The van der Waals surface area contributed by atoms with Gasteiger partial charge in [0.05, 0.1) is 50.5 Å². The Morgan fingerprint density at radius 2 is 0.643 bits per heavy atom. The smallest absolute Gasteiger partial charge is 0.229 e. The fourth-order valence-electron chi connectivity index (χ4n) is 19.5. The van der Waals surface area contributed by atoms with E-state index >= 15 is 0 Å². The lowest BCUT2D eigenvalue weighted by Crippen LogP contribution is -2.35. The molecule has 0 N–H and O–H groups in total. The van der Waals surface area contributed by atoms with Gasteiger partial charge in [0.1, 0.15) is 60.7 Å². The van der Waals surface area contributed by atoms with Gasteiger partial charge in [-0.25, -0.2) is 0 Å². The second kappa shape index (κ2) is 37.3. The fraction of sp³-hybridized carbons (Fsp3) is 0.313. The molecule has 19 rings (SSSR count). The molecule has 129 heavy (non-hydrogen) atoms. The van der Waals surface area contributed by atoms with Crippen LogP contribution in [0.5, 0.6) is 0 Å². The third-order valence-corrected chi connectivity index (χ3v) is 26.1. The van der Waals surface area contributed by atoms with Crippen LogP contribution in [0, 0.1) is 76.1 Å². The number of anilines is 4. The van der Waals surface area contributed by atoms with Gasteiger partial charge in [0.2, 0.25) is 5.69 Å². The monoisotopic (exact) mass is 1730 g/mol. The quantitative estimate of drug-likeness (QED) is 0.0999. The van der Waals surface area contributed by atoms with Gasteiger partial charge < -0.3 is 43.8 Å². The van der Waals surface area contributed by atoms with Crippen molar-refractivity contribution in [1.82, 2.24) is 42.4 Å². The predicted molar refractivity (Wildman–Crippen MR) is 549 cm³/mol. The first-order valence-corrected chi connectivity index (χ1v) is 45.1. The molecule has 9 aromatic carbocycles. The Kier molecular flexibility index (Phi) is 20.8. The summed E-state index contributed by atoms with van der Waals surface area (Å²) < 4.78 is 140. The van der Waals surface area contributed by atoms with Gasteiger partial charge in [-0.1, -0.05) is 218 Å². The minimum atomic E-state index is -2.21. The van der Waals surface area contributed by atoms with Crippen molar-refractivity contribution in [3.63, 3.8) is 0 Å². The molecule has 0 saturated heterocycles. The average Bonchev–Trinajstić information content (AvgIpc) is 1.58. The van der Waals surface area contributed by atoms with Crippen LogP contribution in [-0.4, -0.2) is 95.0 Å². The number of fused-ring (bicyclic) bond motifs is 4. The minimum absolute atomic E-state index is 0.310. The van der Waals surface area contributed by atoms with E-state index in [2.05, 4.69) is 280 Å². The molecule has 0 spiro atoms. The molecule has 0 aliphatic carbocycles. The van der Waals surface area contributed by atoms with Crippen molar-refractivity contribution in [3.05, 3.63) is 358 Å². The van der Waals surface area contributed by atoms with Gasteiger partial charge in [0.15, 0.2) is 6.20 Å². The van der Waals surface area contributed by atoms with Gasteiger partial charge in [-0.2, -0.15) is 4.57 Å². The van der Waals surface area contributed by atoms with Gasteiger partial charge in [0, 0.05) is 139 Å². The highest BCUT2D eigenvalue weighted by Gasteiger charge is 2.35. The predicted octanol–water partition coefficient (Wildman–Crippen LogP) is 27.7. The SMILES string of the molecule is [2H]C(C)(C)c1ccccc1-n1c(N2C=CN(C([2H])([2H])[2H])[C@@H]2C)c(C)c2ccccc21.[2H]C([2H])([2H])N1C=CN(c2c(C)c3ccccc3n2-c2c(C(C)C)cccc2C(C)C)[C@H]1C.[2H]C([2H])([2H])N1C=CN(c2c(C)c3ccccc3n2-c2c(C)cc(C)cc2C)[C@H]1C.[2H]C([2H])([2H])N1C=CN(c2c(C)c3ccccc3n2-c2ccccc2C(C)C)[C@H]1C.[2H]C([2H])([2H])c1cc(C)cc(C)c1-n1ccc(C)c1-c1cccc[n+]1C. The minimum Gasteiger partial charge on any atom is -0.359 e. The summed E-state index contributed by atoms with van der Waals surface area (Å²) in [4.78, 5) is 14.0. The van der Waals surface area contributed by atoms with Crippen LogP contribution in [-0.2, 0) is 7.05 Å². The zero-order chi connectivity index (χ0) is 106. The van der Waals surface area contributed by atoms with Gasteiger partial charge in [0.25, 0.3) is 0 Å². The molecule has 0 unspecified atom stereocenters. The van der Waals surface area contributed by atoms with E-state index in [1.54, 1.807) is 30.9 Å². The number of rotatable bonds is 14. The van der Waals surface area contributed by atoms with Crippen LogP contribution < -0.4 is 24.2 Å². The van der Waals surface area contributed by atoms with Crippen molar-refractivity contribution >= 4 is 66.9 Å². The van der Waals surface area contributed by atoms with Crippen molar-refractivity contribution < 1.29 is 26.5 Å². The summed E-state index contributed by atoms with van der Waals surface area (Å²) in [5.41, 5.74) is 28.0. The number of hydrogen-bond acceptors (Lipinski definition) is 8. The van der Waals surface area contributed by atoms with Gasteiger partial charge in [-0.05, 0) is 248 Å². The molecule has 4 atom stereocenters.